The zero-order valence-electron chi connectivity index (χ0n) is 16.0. The van der Waals surface area contributed by atoms with E-state index in [9.17, 15) is 21.6 Å². The number of hydrogen-bond donors (Lipinski definition) is 1. The van der Waals surface area contributed by atoms with E-state index in [1.54, 1.807) is 31.2 Å². The average Bonchev–Trinajstić information content (AvgIpc) is 2.65. The number of sulfone groups is 1. The molecule has 156 valence electrons. The van der Waals surface area contributed by atoms with Gasteiger partial charge in [0.1, 0.15) is 11.0 Å². The van der Waals surface area contributed by atoms with Crippen molar-refractivity contribution in [3.63, 3.8) is 0 Å². The Morgan fingerprint density at radius 1 is 1.07 bits per heavy atom. The first-order valence-electron chi connectivity index (χ1n) is 8.85. The molecule has 0 unspecified atom stereocenters. The summed E-state index contributed by atoms with van der Waals surface area (Å²) < 4.78 is 57.1. The Kier molecular flexibility index (Phi) is 5.97. The van der Waals surface area contributed by atoms with Crippen LogP contribution in [0.3, 0.4) is 0 Å². The number of nitrogens with one attached hydrogen (secondary N) is 1. The largest absolute Gasteiger partial charge is 0.497 e. The Labute approximate surface area is 170 Å². The number of amides is 1. The molecule has 0 bridgehead atoms. The number of sulfonamides is 1. The van der Waals surface area contributed by atoms with Crippen LogP contribution < -0.4 is 9.46 Å². The van der Waals surface area contributed by atoms with Crippen LogP contribution in [0.15, 0.2) is 58.3 Å². The molecular weight excluding hydrogens is 416 g/mol. The second kappa shape index (κ2) is 8.13. The number of methoxy groups -OCH3 is 1. The predicted octanol–water partition coefficient (Wildman–Crippen LogP) is 0.967. The summed E-state index contributed by atoms with van der Waals surface area (Å²) in [7, 11) is -5.90. The van der Waals surface area contributed by atoms with Crippen LogP contribution in [0.2, 0.25) is 0 Å². The van der Waals surface area contributed by atoms with Crippen molar-refractivity contribution in [3.8, 4) is 5.75 Å². The molecule has 1 aliphatic heterocycles. The Balaban J connectivity index is 1.57. The molecule has 1 N–H and O–H groups in total. The normalized spacial score (nSPS) is 15.0. The smallest absolute Gasteiger partial charge is 0.241 e. The van der Waals surface area contributed by atoms with Crippen molar-refractivity contribution in [3.05, 3.63) is 54.1 Å². The monoisotopic (exact) mass is 438 g/mol. The zero-order valence-corrected chi connectivity index (χ0v) is 17.7. The fourth-order valence-electron chi connectivity index (χ4n) is 2.93. The molecule has 1 heterocycles. The summed E-state index contributed by atoms with van der Waals surface area (Å²) in [4.78, 5) is 13.8. The van der Waals surface area contributed by atoms with E-state index in [0.717, 1.165) is 5.56 Å². The van der Waals surface area contributed by atoms with E-state index in [0.29, 0.717) is 5.75 Å². The van der Waals surface area contributed by atoms with Gasteiger partial charge in [-0.1, -0.05) is 12.1 Å². The summed E-state index contributed by atoms with van der Waals surface area (Å²) in [6, 6.07) is 12.4. The van der Waals surface area contributed by atoms with E-state index in [-0.39, 0.29) is 22.9 Å². The minimum atomic E-state index is -3.81. The van der Waals surface area contributed by atoms with E-state index >= 15 is 0 Å². The van der Waals surface area contributed by atoms with E-state index in [1.807, 2.05) is 0 Å². The van der Waals surface area contributed by atoms with Crippen LogP contribution in [-0.2, 0) is 24.7 Å². The highest BCUT2D eigenvalue weighted by Crippen LogP contribution is 2.25. The maximum atomic E-state index is 12.6. The van der Waals surface area contributed by atoms with Gasteiger partial charge in [-0.3, -0.25) is 4.79 Å². The molecule has 1 saturated heterocycles. The van der Waals surface area contributed by atoms with Gasteiger partial charge in [0.25, 0.3) is 0 Å². The lowest BCUT2D eigenvalue weighted by Gasteiger charge is -2.38. The topological polar surface area (TPSA) is 110 Å². The van der Waals surface area contributed by atoms with Gasteiger partial charge in [0.15, 0.2) is 9.84 Å². The van der Waals surface area contributed by atoms with Gasteiger partial charge in [-0.25, -0.2) is 21.6 Å². The van der Waals surface area contributed by atoms with E-state index in [4.69, 9.17) is 4.74 Å². The number of hydrogen-bond acceptors (Lipinski definition) is 6. The minimum Gasteiger partial charge on any atom is -0.497 e. The number of likely N-dealkylation sites (tertiary alicyclic amines) is 1. The molecule has 1 amide bonds. The minimum absolute atomic E-state index is 0.0272. The molecule has 8 nitrogen and oxygen atoms in total. The van der Waals surface area contributed by atoms with Gasteiger partial charge in [0, 0.05) is 13.1 Å². The van der Waals surface area contributed by atoms with Crippen molar-refractivity contribution >= 4 is 25.8 Å². The van der Waals surface area contributed by atoms with Crippen molar-refractivity contribution in [2.75, 3.05) is 26.7 Å². The molecular formula is C19H22N2O6S2. The van der Waals surface area contributed by atoms with Gasteiger partial charge in [-0.2, -0.15) is 0 Å². The molecule has 0 aliphatic carbocycles. The molecule has 1 fully saturated rings. The quantitative estimate of drug-likeness (QED) is 0.690. The van der Waals surface area contributed by atoms with Crippen LogP contribution >= 0.6 is 0 Å². The lowest BCUT2D eigenvalue weighted by molar-refractivity contribution is -0.133. The lowest BCUT2D eigenvalue weighted by Crippen LogP contribution is -2.58. The van der Waals surface area contributed by atoms with Crippen molar-refractivity contribution in [2.24, 2.45) is 0 Å². The molecule has 0 radical (unpaired) electrons. The number of rotatable bonds is 7. The fraction of sp³-hybridized carbons (Fsp3) is 0.316. The van der Waals surface area contributed by atoms with Crippen molar-refractivity contribution in [1.82, 2.24) is 9.62 Å². The van der Waals surface area contributed by atoms with Crippen LogP contribution in [0.25, 0.3) is 0 Å². The zero-order chi connectivity index (χ0) is 21.2. The number of benzene rings is 2. The maximum Gasteiger partial charge on any atom is 0.241 e. The summed E-state index contributed by atoms with van der Waals surface area (Å²) in [6.07, 6.45) is 0. The summed E-state index contributed by atoms with van der Waals surface area (Å²) in [6.45, 7) is 1.40. The highest BCUT2D eigenvalue weighted by molar-refractivity contribution is 7.92. The number of nitrogens with zero attached hydrogens (tertiary/aromatic N) is 1. The fourth-order valence-corrected chi connectivity index (χ4v) is 5.66. The van der Waals surface area contributed by atoms with Gasteiger partial charge >= 0.3 is 0 Å². The lowest BCUT2D eigenvalue weighted by atomic mass is 10.2. The third-order valence-corrected chi connectivity index (χ3v) is 8.24. The van der Waals surface area contributed by atoms with E-state index in [2.05, 4.69) is 4.72 Å². The van der Waals surface area contributed by atoms with Crippen molar-refractivity contribution < 1.29 is 26.4 Å². The second-order valence-corrected chi connectivity index (χ2v) is 10.8. The Bertz CT molecular complexity index is 1110. The van der Waals surface area contributed by atoms with Crippen molar-refractivity contribution in [1.29, 1.82) is 0 Å². The average molecular weight is 439 g/mol. The number of ether oxygens (including phenoxy) is 1. The van der Waals surface area contributed by atoms with Crippen LogP contribution in [0.4, 0.5) is 0 Å². The highest BCUT2D eigenvalue weighted by atomic mass is 32.2. The third-order valence-electron chi connectivity index (χ3n) is 4.74. The van der Waals surface area contributed by atoms with Crippen LogP contribution in [-0.4, -0.2) is 59.6 Å². The Morgan fingerprint density at radius 3 is 2.31 bits per heavy atom. The molecule has 3 rings (SSSR count). The summed E-state index contributed by atoms with van der Waals surface area (Å²) in [5.41, 5.74) is 0.786. The molecule has 2 aromatic carbocycles. The molecule has 1 aliphatic rings. The molecule has 10 heteroatoms. The first-order chi connectivity index (χ1) is 13.6. The van der Waals surface area contributed by atoms with Gasteiger partial charge in [-0.05, 0) is 48.9 Å². The van der Waals surface area contributed by atoms with Crippen LogP contribution in [0.1, 0.15) is 5.56 Å². The summed E-state index contributed by atoms with van der Waals surface area (Å²) in [5, 5.41) is -0.715. The Hall–Kier alpha value is -2.43. The third kappa shape index (κ3) is 4.60. The maximum absolute atomic E-state index is 12.6. The van der Waals surface area contributed by atoms with Gasteiger partial charge < -0.3 is 9.64 Å². The second-order valence-electron chi connectivity index (χ2n) is 6.78. The van der Waals surface area contributed by atoms with E-state index < -0.39 is 37.6 Å². The Morgan fingerprint density at radius 2 is 1.72 bits per heavy atom. The van der Waals surface area contributed by atoms with Crippen LogP contribution in [0, 0.1) is 6.92 Å². The van der Waals surface area contributed by atoms with Crippen LogP contribution in [0.5, 0.6) is 5.75 Å². The van der Waals surface area contributed by atoms with Gasteiger partial charge in [-0.15, -0.1) is 0 Å². The first kappa shape index (κ1) is 21.3. The van der Waals surface area contributed by atoms with Crippen molar-refractivity contribution in [2.45, 2.75) is 22.0 Å². The molecule has 0 saturated carbocycles. The summed E-state index contributed by atoms with van der Waals surface area (Å²) >= 11 is 0. The molecule has 0 atom stereocenters. The molecule has 0 spiro atoms. The van der Waals surface area contributed by atoms with E-state index in [1.165, 1.54) is 36.3 Å². The van der Waals surface area contributed by atoms with Gasteiger partial charge in [0.05, 0.1) is 23.4 Å². The molecule has 2 aromatic rings. The number of carbonyl (C=O) groups excluding carboxylic acids is 1. The molecule has 29 heavy (non-hydrogen) atoms. The number of carbonyl (C=O) groups is 1. The molecule has 0 aromatic heterocycles. The predicted molar refractivity (Wildman–Crippen MR) is 107 cm³/mol. The SMILES string of the molecule is COc1ccc(S(=O)(=O)C2CN(C(=O)CNS(=O)(=O)c3cccc(C)c3)C2)cc1. The first-order valence-corrected chi connectivity index (χ1v) is 11.9. The highest BCUT2D eigenvalue weighted by Gasteiger charge is 2.40. The number of aryl methyl sites for hydroxylation is 1. The standard InChI is InChI=1S/C19H22N2O6S2/c1-14-4-3-5-17(10-14)29(25,26)20-11-19(22)21-12-18(13-21)28(23,24)16-8-6-15(27-2)7-9-16/h3-10,18,20H,11-13H2,1-2H3. The summed E-state index contributed by atoms with van der Waals surface area (Å²) in [5.74, 6) is 0.0812. The van der Waals surface area contributed by atoms with Gasteiger partial charge in [0.2, 0.25) is 15.9 Å².